The summed E-state index contributed by atoms with van der Waals surface area (Å²) in [6, 6.07) is 9.96. The minimum Gasteiger partial charge on any atom is -0.334 e. The highest BCUT2D eigenvalue weighted by molar-refractivity contribution is 9.10. The molecule has 21 heavy (non-hydrogen) atoms. The molecule has 0 saturated carbocycles. The summed E-state index contributed by atoms with van der Waals surface area (Å²) in [6.45, 7) is 1.81. The van der Waals surface area contributed by atoms with E-state index in [-0.39, 0.29) is 0 Å². The van der Waals surface area contributed by atoms with Crippen LogP contribution in [0.3, 0.4) is 0 Å². The molecule has 3 aromatic rings. The van der Waals surface area contributed by atoms with Crippen LogP contribution in [-0.2, 0) is 13.1 Å². The molecule has 0 saturated heterocycles. The van der Waals surface area contributed by atoms with Crippen LogP contribution in [-0.4, -0.2) is 15.1 Å². The molecular formula is C15H11BrN4O. The van der Waals surface area contributed by atoms with Gasteiger partial charge < -0.3 is 9.84 Å². The Kier molecular flexibility index (Phi) is 3.05. The van der Waals surface area contributed by atoms with Gasteiger partial charge in [0.05, 0.1) is 0 Å². The van der Waals surface area contributed by atoms with E-state index in [0.717, 1.165) is 23.1 Å². The SMILES string of the molecule is Brc1cccnc1-c1noc(-c2ccc3c(c2)CNC3)n1. The summed E-state index contributed by atoms with van der Waals surface area (Å²) in [4.78, 5) is 8.72. The summed E-state index contributed by atoms with van der Waals surface area (Å²) in [7, 11) is 0. The second kappa shape index (κ2) is 5.05. The van der Waals surface area contributed by atoms with Crippen molar-refractivity contribution in [2.75, 3.05) is 0 Å². The Morgan fingerprint density at radius 1 is 1.14 bits per heavy atom. The van der Waals surface area contributed by atoms with Gasteiger partial charge in [0.15, 0.2) is 0 Å². The third kappa shape index (κ3) is 2.26. The van der Waals surface area contributed by atoms with Gasteiger partial charge in [0.1, 0.15) is 5.69 Å². The molecule has 0 radical (unpaired) electrons. The molecule has 5 nitrogen and oxygen atoms in total. The lowest BCUT2D eigenvalue weighted by Gasteiger charge is -1.99. The number of nitrogens with zero attached hydrogens (tertiary/aromatic N) is 3. The maximum absolute atomic E-state index is 5.38. The van der Waals surface area contributed by atoms with Crippen molar-refractivity contribution in [2.24, 2.45) is 0 Å². The molecule has 6 heteroatoms. The average Bonchev–Trinajstić information content (AvgIpc) is 3.16. The van der Waals surface area contributed by atoms with Gasteiger partial charge in [0.2, 0.25) is 5.82 Å². The summed E-state index contributed by atoms with van der Waals surface area (Å²) in [5.41, 5.74) is 4.22. The number of nitrogens with one attached hydrogen (secondary N) is 1. The Bertz CT molecular complexity index is 815. The molecule has 104 valence electrons. The van der Waals surface area contributed by atoms with Crippen molar-refractivity contribution in [3.8, 4) is 23.0 Å². The molecule has 0 aliphatic carbocycles. The fourth-order valence-corrected chi connectivity index (χ4v) is 2.85. The highest BCUT2D eigenvalue weighted by Crippen LogP contribution is 2.27. The van der Waals surface area contributed by atoms with Gasteiger partial charge >= 0.3 is 0 Å². The van der Waals surface area contributed by atoms with E-state index in [9.17, 15) is 0 Å². The van der Waals surface area contributed by atoms with Gasteiger partial charge in [0, 0.05) is 29.3 Å². The second-order valence-electron chi connectivity index (χ2n) is 4.84. The molecule has 0 fully saturated rings. The Morgan fingerprint density at radius 3 is 2.95 bits per heavy atom. The Hall–Kier alpha value is -2.05. The van der Waals surface area contributed by atoms with Crippen molar-refractivity contribution >= 4 is 15.9 Å². The van der Waals surface area contributed by atoms with Gasteiger partial charge in [-0.2, -0.15) is 4.98 Å². The third-order valence-electron chi connectivity index (χ3n) is 3.48. The molecule has 1 aliphatic heterocycles. The maximum atomic E-state index is 5.38. The van der Waals surface area contributed by atoms with Crippen molar-refractivity contribution in [1.82, 2.24) is 20.4 Å². The molecule has 0 bridgehead atoms. The number of halogens is 1. The van der Waals surface area contributed by atoms with E-state index < -0.39 is 0 Å². The van der Waals surface area contributed by atoms with E-state index in [0.29, 0.717) is 17.4 Å². The minimum absolute atomic E-state index is 0.482. The molecule has 2 aromatic heterocycles. The van der Waals surface area contributed by atoms with E-state index in [1.54, 1.807) is 6.20 Å². The molecule has 1 aromatic carbocycles. The lowest BCUT2D eigenvalue weighted by atomic mass is 10.1. The number of pyridine rings is 1. The van der Waals surface area contributed by atoms with Crippen LogP contribution < -0.4 is 5.32 Å². The number of hydrogen-bond acceptors (Lipinski definition) is 5. The number of benzene rings is 1. The minimum atomic E-state index is 0.482. The Morgan fingerprint density at radius 2 is 2.05 bits per heavy atom. The first-order valence-electron chi connectivity index (χ1n) is 6.59. The summed E-state index contributed by atoms with van der Waals surface area (Å²) >= 11 is 3.45. The Labute approximate surface area is 129 Å². The summed E-state index contributed by atoms with van der Waals surface area (Å²) in [5, 5.41) is 7.35. The van der Waals surface area contributed by atoms with Gasteiger partial charge in [0.25, 0.3) is 5.89 Å². The van der Waals surface area contributed by atoms with Crippen molar-refractivity contribution in [1.29, 1.82) is 0 Å². The molecular weight excluding hydrogens is 332 g/mol. The van der Waals surface area contributed by atoms with Crippen LogP contribution in [0.25, 0.3) is 23.0 Å². The highest BCUT2D eigenvalue weighted by Gasteiger charge is 2.16. The quantitative estimate of drug-likeness (QED) is 0.774. The van der Waals surface area contributed by atoms with Crippen LogP contribution in [0.4, 0.5) is 0 Å². The van der Waals surface area contributed by atoms with Crippen molar-refractivity contribution in [2.45, 2.75) is 13.1 Å². The first-order valence-corrected chi connectivity index (χ1v) is 7.38. The van der Waals surface area contributed by atoms with Crippen LogP contribution in [0, 0.1) is 0 Å². The number of aromatic nitrogens is 3. The molecule has 0 atom stereocenters. The zero-order valence-corrected chi connectivity index (χ0v) is 12.6. The standard InChI is InChI=1S/C15H11BrN4O/c16-12-2-1-5-18-13(12)14-19-15(21-20-14)9-3-4-10-7-17-8-11(10)6-9/h1-6,17H,7-8H2. The van der Waals surface area contributed by atoms with Crippen molar-refractivity contribution in [3.05, 3.63) is 52.1 Å². The van der Waals surface area contributed by atoms with Crippen LogP contribution in [0.15, 0.2) is 45.5 Å². The lowest BCUT2D eigenvalue weighted by Crippen LogP contribution is -1.99. The van der Waals surface area contributed by atoms with Crippen LogP contribution in [0.2, 0.25) is 0 Å². The smallest absolute Gasteiger partial charge is 0.258 e. The molecule has 1 aliphatic rings. The number of rotatable bonds is 2. The second-order valence-corrected chi connectivity index (χ2v) is 5.70. The average molecular weight is 343 g/mol. The zero-order chi connectivity index (χ0) is 14.2. The van der Waals surface area contributed by atoms with E-state index in [1.165, 1.54) is 11.1 Å². The number of fused-ring (bicyclic) bond motifs is 1. The van der Waals surface area contributed by atoms with E-state index >= 15 is 0 Å². The topological polar surface area (TPSA) is 63.8 Å². The molecule has 0 unspecified atom stereocenters. The van der Waals surface area contributed by atoms with Crippen LogP contribution in [0.1, 0.15) is 11.1 Å². The summed E-state index contributed by atoms with van der Waals surface area (Å²) in [6.07, 6.45) is 1.71. The summed E-state index contributed by atoms with van der Waals surface area (Å²) < 4.78 is 6.22. The summed E-state index contributed by atoms with van der Waals surface area (Å²) in [5.74, 6) is 0.994. The first kappa shape index (κ1) is 12.7. The lowest BCUT2D eigenvalue weighted by molar-refractivity contribution is 0.432. The van der Waals surface area contributed by atoms with Crippen LogP contribution >= 0.6 is 15.9 Å². The van der Waals surface area contributed by atoms with Gasteiger partial charge in [-0.25, -0.2) is 0 Å². The fraction of sp³-hybridized carbons (Fsp3) is 0.133. The molecule has 0 amide bonds. The van der Waals surface area contributed by atoms with Crippen LogP contribution in [0.5, 0.6) is 0 Å². The molecule has 0 spiro atoms. The normalized spacial score (nSPS) is 13.4. The highest BCUT2D eigenvalue weighted by atomic mass is 79.9. The molecule has 1 N–H and O–H groups in total. The van der Waals surface area contributed by atoms with Crippen molar-refractivity contribution < 1.29 is 4.52 Å². The van der Waals surface area contributed by atoms with E-state index in [2.05, 4.69) is 48.5 Å². The monoisotopic (exact) mass is 342 g/mol. The molecule has 4 rings (SSSR count). The van der Waals surface area contributed by atoms with Gasteiger partial charge in [-0.15, -0.1) is 0 Å². The van der Waals surface area contributed by atoms with Gasteiger partial charge in [-0.05, 0) is 51.3 Å². The predicted molar refractivity (Wildman–Crippen MR) is 81.2 cm³/mol. The van der Waals surface area contributed by atoms with E-state index in [1.807, 2.05) is 18.2 Å². The predicted octanol–water partition coefficient (Wildman–Crippen LogP) is 3.16. The largest absolute Gasteiger partial charge is 0.334 e. The van der Waals surface area contributed by atoms with Gasteiger partial charge in [-0.1, -0.05) is 11.2 Å². The van der Waals surface area contributed by atoms with Gasteiger partial charge in [-0.3, -0.25) is 4.98 Å². The van der Waals surface area contributed by atoms with Crippen molar-refractivity contribution in [3.63, 3.8) is 0 Å². The van der Waals surface area contributed by atoms with E-state index in [4.69, 9.17) is 4.52 Å². The Balaban J connectivity index is 1.73. The zero-order valence-electron chi connectivity index (χ0n) is 11.0. The fourth-order valence-electron chi connectivity index (χ4n) is 2.41. The number of hydrogen-bond donors (Lipinski definition) is 1. The third-order valence-corrected chi connectivity index (χ3v) is 4.12. The first-order chi connectivity index (χ1) is 10.3. The molecule has 3 heterocycles. The maximum Gasteiger partial charge on any atom is 0.258 e.